The van der Waals surface area contributed by atoms with Crippen LogP contribution in [-0.4, -0.2) is 39.3 Å². The summed E-state index contributed by atoms with van der Waals surface area (Å²) in [5, 5.41) is 6.65. The lowest BCUT2D eigenvalue weighted by molar-refractivity contribution is -0.121. The van der Waals surface area contributed by atoms with Crippen molar-refractivity contribution in [3.05, 3.63) is 71.1 Å². The fourth-order valence-corrected chi connectivity index (χ4v) is 3.33. The molecule has 0 radical (unpaired) electrons. The van der Waals surface area contributed by atoms with Gasteiger partial charge in [-0.05, 0) is 31.5 Å². The quantitative estimate of drug-likeness (QED) is 0.607. The summed E-state index contributed by atoms with van der Waals surface area (Å²) in [6.07, 6.45) is 0.544. The minimum Gasteiger partial charge on any atom is -0.347 e. The SMILES string of the molecule is Cc1cccc(-c2noc(CNC(=O)CCCN3C(=O)c4ccccc4C3=O)n2)c1. The smallest absolute Gasteiger partial charge is 0.261 e. The van der Waals surface area contributed by atoms with Crippen LogP contribution in [0.25, 0.3) is 11.4 Å². The molecule has 1 aromatic heterocycles. The molecule has 1 aliphatic rings. The van der Waals surface area contributed by atoms with Gasteiger partial charge in [0.2, 0.25) is 17.6 Å². The number of imide groups is 1. The standard InChI is InChI=1S/C22H20N4O4/c1-14-6-4-7-15(12-14)20-24-19(30-25-20)13-23-18(27)10-5-11-26-21(28)16-8-2-3-9-17(16)22(26)29/h2-4,6-9,12H,5,10-11,13H2,1H3,(H,23,27). The number of carbonyl (C=O) groups is 3. The molecule has 4 rings (SSSR count). The van der Waals surface area contributed by atoms with Gasteiger partial charge in [0.15, 0.2) is 0 Å². The van der Waals surface area contributed by atoms with Crippen molar-refractivity contribution >= 4 is 17.7 Å². The van der Waals surface area contributed by atoms with E-state index in [1.165, 1.54) is 4.90 Å². The second kappa shape index (κ2) is 8.28. The summed E-state index contributed by atoms with van der Waals surface area (Å²) in [6, 6.07) is 14.5. The van der Waals surface area contributed by atoms with E-state index >= 15 is 0 Å². The largest absolute Gasteiger partial charge is 0.347 e. The number of rotatable bonds is 7. The number of fused-ring (bicyclic) bond motifs is 1. The predicted molar refractivity (Wildman–Crippen MR) is 107 cm³/mol. The van der Waals surface area contributed by atoms with Gasteiger partial charge in [-0.25, -0.2) is 0 Å². The molecule has 152 valence electrons. The molecule has 1 N–H and O–H groups in total. The monoisotopic (exact) mass is 404 g/mol. The van der Waals surface area contributed by atoms with Crippen LogP contribution in [0.15, 0.2) is 53.1 Å². The van der Waals surface area contributed by atoms with Crippen LogP contribution in [0.2, 0.25) is 0 Å². The minimum absolute atomic E-state index is 0.116. The maximum Gasteiger partial charge on any atom is 0.261 e. The number of nitrogens with zero attached hydrogens (tertiary/aromatic N) is 3. The van der Waals surface area contributed by atoms with Crippen LogP contribution in [0.3, 0.4) is 0 Å². The Morgan fingerprint density at radius 1 is 1.07 bits per heavy atom. The summed E-state index contributed by atoms with van der Waals surface area (Å²) in [7, 11) is 0. The van der Waals surface area contributed by atoms with E-state index in [-0.39, 0.29) is 37.2 Å². The van der Waals surface area contributed by atoms with Crippen molar-refractivity contribution in [1.82, 2.24) is 20.4 Å². The van der Waals surface area contributed by atoms with E-state index in [9.17, 15) is 14.4 Å². The summed E-state index contributed by atoms with van der Waals surface area (Å²) < 4.78 is 5.19. The normalized spacial score (nSPS) is 12.9. The molecule has 0 fully saturated rings. The Labute approximate surface area is 172 Å². The Morgan fingerprint density at radius 2 is 1.80 bits per heavy atom. The number of amides is 3. The van der Waals surface area contributed by atoms with Gasteiger partial charge in [0, 0.05) is 18.5 Å². The third-order valence-electron chi connectivity index (χ3n) is 4.84. The van der Waals surface area contributed by atoms with Crippen molar-refractivity contribution in [2.75, 3.05) is 6.54 Å². The van der Waals surface area contributed by atoms with Crippen molar-refractivity contribution in [2.24, 2.45) is 0 Å². The fourth-order valence-electron chi connectivity index (χ4n) is 3.33. The van der Waals surface area contributed by atoms with Crippen molar-refractivity contribution in [1.29, 1.82) is 0 Å². The summed E-state index contributed by atoms with van der Waals surface area (Å²) >= 11 is 0. The number of benzene rings is 2. The van der Waals surface area contributed by atoms with Crippen LogP contribution in [0.4, 0.5) is 0 Å². The van der Waals surface area contributed by atoms with Gasteiger partial charge >= 0.3 is 0 Å². The van der Waals surface area contributed by atoms with Gasteiger partial charge < -0.3 is 9.84 Å². The maximum atomic E-state index is 12.3. The molecule has 0 saturated heterocycles. The molecule has 1 aliphatic heterocycles. The second-order valence-corrected chi connectivity index (χ2v) is 7.07. The van der Waals surface area contributed by atoms with E-state index < -0.39 is 0 Å². The summed E-state index contributed by atoms with van der Waals surface area (Å²) in [5.74, 6) is -0.0771. The van der Waals surface area contributed by atoms with Crippen LogP contribution in [0, 0.1) is 6.92 Å². The van der Waals surface area contributed by atoms with E-state index in [1.54, 1.807) is 24.3 Å². The van der Waals surface area contributed by atoms with Gasteiger partial charge in [0.1, 0.15) is 0 Å². The first kappa shape index (κ1) is 19.5. The molecule has 2 aromatic carbocycles. The van der Waals surface area contributed by atoms with Gasteiger partial charge in [-0.15, -0.1) is 0 Å². The Balaban J connectivity index is 1.25. The molecule has 0 saturated carbocycles. The third-order valence-corrected chi connectivity index (χ3v) is 4.84. The van der Waals surface area contributed by atoms with E-state index in [1.807, 2.05) is 31.2 Å². The molecule has 0 spiro atoms. The van der Waals surface area contributed by atoms with E-state index in [2.05, 4.69) is 15.5 Å². The zero-order chi connectivity index (χ0) is 21.1. The van der Waals surface area contributed by atoms with Crippen molar-refractivity contribution in [3.8, 4) is 11.4 Å². The lowest BCUT2D eigenvalue weighted by Gasteiger charge is -2.13. The first-order valence-corrected chi connectivity index (χ1v) is 9.64. The second-order valence-electron chi connectivity index (χ2n) is 7.07. The number of carbonyl (C=O) groups excluding carboxylic acids is 3. The average Bonchev–Trinajstić information content (AvgIpc) is 3.32. The van der Waals surface area contributed by atoms with E-state index in [0.717, 1.165) is 11.1 Å². The molecular weight excluding hydrogens is 384 g/mol. The topological polar surface area (TPSA) is 105 Å². The summed E-state index contributed by atoms with van der Waals surface area (Å²) in [5.41, 5.74) is 2.75. The van der Waals surface area contributed by atoms with Crippen molar-refractivity contribution < 1.29 is 18.9 Å². The Morgan fingerprint density at radius 3 is 2.50 bits per heavy atom. The molecule has 0 bridgehead atoms. The highest BCUT2D eigenvalue weighted by Crippen LogP contribution is 2.22. The van der Waals surface area contributed by atoms with Gasteiger partial charge in [-0.3, -0.25) is 19.3 Å². The highest BCUT2D eigenvalue weighted by Gasteiger charge is 2.34. The summed E-state index contributed by atoms with van der Waals surface area (Å²) in [4.78, 5) is 42.2. The first-order valence-electron chi connectivity index (χ1n) is 9.64. The molecule has 0 atom stereocenters. The molecule has 8 nitrogen and oxygen atoms in total. The molecule has 3 amide bonds. The highest BCUT2D eigenvalue weighted by atomic mass is 16.5. The average molecular weight is 404 g/mol. The molecule has 0 aliphatic carbocycles. The van der Waals surface area contributed by atoms with E-state index in [0.29, 0.717) is 29.3 Å². The highest BCUT2D eigenvalue weighted by molar-refractivity contribution is 6.21. The Bertz CT molecular complexity index is 1090. The number of nitrogens with one attached hydrogen (secondary N) is 1. The molecule has 0 unspecified atom stereocenters. The Hall–Kier alpha value is -3.81. The molecule has 30 heavy (non-hydrogen) atoms. The van der Waals surface area contributed by atoms with Crippen LogP contribution in [0.1, 0.15) is 45.0 Å². The van der Waals surface area contributed by atoms with Crippen LogP contribution < -0.4 is 5.32 Å². The van der Waals surface area contributed by atoms with Crippen LogP contribution >= 0.6 is 0 Å². The van der Waals surface area contributed by atoms with Gasteiger partial charge in [-0.2, -0.15) is 4.98 Å². The Kier molecular flexibility index (Phi) is 5.38. The maximum absolute atomic E-state index is 12.3. The van der Waals surface area contributed by atoms with Crippen LogP contribution in [0.5, 0.6) is 0 Å². The number of hydrogen-bond donors (Lipinski definition) is 1. The minimum atomic E-state index is -0.314. The first-order chi connectivity index (χ1) is 14.5. The number of aromatic nitrogens is 2. The van der Waals surface area contributed by atoms with Crippen LogP contribution in [-0.2, 0) is 11.3 Å². The zero-order valence-corrected chi connectivity index (χ0v) is 16.4. The van der Waals surface area contributed by atoms with Crippen molar-refractivity contribution in [3.63, 3.8) is 0 Å². The van der Waals surface area contributed by atoms with Crippen molar-refractivity contribution in [2.45, 2.75) is 26.3 Å². The lowest BCUT2D eigenvalue weighted by atomic mass is 10.1. The van der Waals surface area contributed by atoms with Gasteiger partial charge in [0.25, 0.3) is 11.8 Å². The fraction of sp³-hybridized carbons (Fsp3) is 0.227. The molecule has 2 heterocycles. The molecular formula is C22H20N4O4. The molecule has 8 heteroatoms. The summed E-state index contributed by atoms with van der Waals surface area (Å²) in [6.45, 7) is 2.29. The number of aryl methyl sites for hydroxylation is 1. The predicted octanol–water partition coefficient (Wildman–Crippen LogP) is 2.74. The van der Waals surface area contributed by atoms with Gasteiger partial charge in [0.05, 0.1) is 17.7 Å². The van der Waals surface area contributed by atoms with Gasteiger partial charge in [-0.1, -0.05) is 41.1 Å². The lowest BCUT2D eigenvalue weighted by Crippen LogP contribution is -2.32. The van der Waals surface area contributed by atoms with E-state index in [4.69, 9.17) is 4.52 Å². The third kappa shape index (κ3) is 3.98. The molecule has 3 aromatic rings. The number of hydrogen-bond acceptors (Lipinski definition) is 6. The zero-order valence-electron chi connectivity index (χ0n) is 16.4.